The fourth-order valence-electron chi connectivity index (χ4n) is 2.21. The number of ketones is 1. The number of aliphatic hydroxyl groups is 1. The van der Waals surface area contributed by atoms with E-state index in [1.165, 1.54) is 13.2 Å². The van der Waals surface area contributed by atoms with E-state index in [0.717, 1.165) is 0 Å². The Bertz CT molecular complexity index is 366. The van der Waals surface area contributed by atoms with E-state index in [0.29, 0.717) is 5.76 Å². The highest BCUT2D eigenvalue weighted by molar-refractivity contribution is 6.01. The molecular weight excluding hydrogens is 192 g/mol. The first kappa shape index (κ1) is 10.2. The van der Waals surface area contributed by atoms with Gasteiger partial charge in [0.1, 0.15) is 11.4 Å². The van der Waals surface area contributed by atoms with Gasteiger partial charge in [0.2, 0.25) is 0 Å². The van der Waals surface area contributed by atoms with Gasteiger partial charge in [0.25, 0.3) is 0 Å². The second-order valence-electron chi connectivity index (χ2n) is 3.96. The van der Waals surface area contributed by atoms with Gasteiger partial charge in [0.15, 0.2) is 5.78 Å². The molecule has 80 valence electrons. The topological polar surface area (TPSA) is 46.5 Å². The number of hydrogen-bond donors (Lipinski definition) is 1. The molecule has 0 aromatic heterocycles. The molecule has 3 heteroatoms. The number of hydrogen-bond acceptors (Lipinski definition) is 3. The molecule has 0 fully saturated rings. The molecule has 0 radical (unpaired) electrons. The van der Waals surface area contributed by atoms with E-state index in [2.05, 4.69) is 0 Å². The maximum absolute atomic E-state index is 11.8. The molecule has 0 aromatic carbocycles. The summed E-state index contributed by atoms with van der Waals surface area (Å²) < 4.78 is 5.08. The molecule has 0 bridgehead atoms. The van der Waals surface area contributed by atoms with Crippen LogP contribution < -0.4 is 0 Å². The summed E-state index contributed by atoms with van der Waals surface area (Å²) in [6.07, 6.45) is 8.74. The molecule has 0 aliphatic heterocycles. The number of allylic oxidation sites excluding steroid dienone is 2. The van der Waals surface area contributed by atoms with E-state index in [1.54, 1.807) is 6.92 Å². The molecule has 1 N–H and O–H groups in total. The Labute approximate surface area is 88.7 Å². The van der Waals surface area contributed by atoms with Gasteiger partial charge in [-0.2, -0.15) is 0 Å². The summed E-state index contributed by atoms with van der Waals surface area (Å²) in [6.45, 7) is 1.81. The molecule has 3 nitrogen and oxygen atoms in total. The largest absolute Gasteiger partial charge is 0.501 e. The number of carbonyl (C=O) groups excluding carboxylic acids is 1. The van der Waals surface area contributed by atoms with Crippen molar-refractivity contribution in [1.82, 2.24) is 0 Å². The van der Waals surface area contributed by atoms with Gasteiger partial charge in [-0.1, -0.05) is 31.2 Å². The molecule has 0 aromatic rings. The summed E-state index contributed by atoms with van der Waals surface area (Å²) in [6, 6.07) is 0. The third kappa shape index (κ3) is 1.27. The zero-order valence-electron chi connectivity index (χ0n) is 8.81. The minimum absolute atomic E-state index is 0.246. The third-order valence-corrected chi connectivity index (χ3v) is 3.25. The van der Waals surface area contributed by atoms with Gasteiger partial charge >= 0.3 is 0 Å². The zero-order valence-corrected chi connectivity index (χ0v) is 8.81. The highest BCUT2D eigenvalue weighted by atomic mass is 16.5. The molecule has 2 aliphatic rings. The predicted molar refractivity (Wildman–Crippen MR) is 56.0 cm³/mol. The van der Waals surface area contributed by atoms with E-state index in [1.807, 2.05) is 24.3 Å². The lowest BCUT2D eigenvalue weighted by molar-refractivity contribution is -0.137. The van der Waals surface area contributed by atoms with Crippen LogP contribution in [0.5, 0.6) is 0 Å². The lowest BCUT2D eigenvalue weighted by Crippen LogP contribution is -2.46. The summed E-state index contributed by atoms with van der Waals surface area (Å²) in [4.78, 5) is 11.8. The number of carbonyl (C=O) groups is 1. The van der Waals surface area contributed by atoms with Crippen molar-refractivity contribution >= 4 is 5.78 Å². The standard InChI is InChI=1S/C12H14O3/c1-8-10(15-2)7-11(13)12(8,14)9-5-3-4-6-9/h3-9,14H,1-2H3/t8-,12-/m1/s1. The van der Waals surface area contributed by atoms with Crippen LogP contribution in [0.15, 0.2) is 36.1 Å². The lowest BCUT2D eigenvalue weighted by Gasteiger charge is -2.31. The molecule has 15 heavy (non-hydrogen) atoms. The Morgan fingerprint density at radius 1 is 1.40 bits per heavy atom. The minimum atomic E-state index is -1.37. The monoisotopic (exact) mass is 206 g/mol. The third-order valence-electron chi connectivity index (χ3n) is 3.25. The maximum atomic E-state index is 11.8. The van der Waals surface area contributed by atoms with Crippen molar-refractivity contribution in [3.63, 3.8) is 0 Å². The average molecular weight is 206 g/mol. The van der Waals surface area contributed by atoms with Crippen LogP contribution in [0.2, 0.25) is 0 Å². The first-order valence-corrected chi connectivity index (χ1v) is 4.98. The first-order chi connectivity index (χ1) is 7.10. The fraction of sp³-hybridized carbons (Fsp3) is 0.417. The second kappa shape index (κ2) is 3.35. The number of methoxy groups -OCH3 is 1. The van der Waals surface area contributed by atoms with E-state index < -0.39 is 5.60 Å². The smallest absolute Gasteiger partial charge is 0.192 e. The highest BCUT2D eigenvalue weighted by Gasteiger charge is 2.51. The van der Waals surface area contributed by atoms with Crippen molar-refractivity contribution in [3.05, 3.63) is 36.1 Å². The van der Waals surface area contributed by atoms with E-state index in [4.69, 9.17) is 4.74 Å². The van der Waals surface area contributed by atoms with Gasteiger partial charge < -0.3 is 9.84 Å². The average Bonchev–Trinajstić information content (AvgIpc) is 2.82. The Morgan fingerprint density at radius 3 is 2.47 bits per heavy atom. The quantitative estimate of drug-likeness (QED) is 0.738. The molecule has 0 saturated heterocycles. The normalized spacial score (nSPS) is 35.0. The van der Waals surface area contributed by atoms with Crippen LogP contribution in [-0.2, 0) is 9.53 Å². The van der Waals surface area contributed by atoms with Crippen LogP contribution in [0.25, 0.3) is 0 Å². The van der Waals surface area contributed by atoms with Gasteiger partial charge in [-0.25, -0.2) is 0 Å². The molecular formula is C12H14O3. The van der Waals surface area contributed by atoms with Gasteiger partial charge in [0, 0.05) is 12.0 Å². The van der Waals surface area contributed by atoms with Gasteiger partial charge in [0.05, 0.1) is 13.0 Å². The van der Waals surface area contributed by atoms with Crippen LogP contribution in [0, 0.1) is 11.8 Å². The fourth-order valence-corrected chi connectivity index (χ4v) is 2.21. The van der Waals surface area contributed by atoms with Crippen molar-refractivity contribution in [3.8, 4) is 0 Å². The Hall–Kier alpha value is -1.35. The molecule has 0 heterocycles. The van der Waals surface area contributed by atoms with E-state index >= 15 is 0 Å². The van der Waals surface area contributed by atoms with Crippen molar-refractivity contribution in [2.24, 2.45) is 11.8 Å². The van der Waals surface area contributed by atoms with E-state index in [9.17, 15) is 9.90 Å². The van der Waals surface area contributed by atoms with Crippen molar-refractivity contribution in [1.29, 1.82) is 0 Å². The molecule has 0 unspecified atom stereocenters. The molecule has 0 saturated carbocycles. The summed E-state index contributed by atoms with van der Waals surface area (Å²) in [5.74, 6) is -0.263. The lowest BCUT2D eigenvalue weighted by atomic mass is 9.79. The first-order valence-electron chi connectivity index (χ1n) is 4.98. The Kier molecular flexibility index (Phi) is 2.27. The maximum Gasteiger partial charge on any atom is 0.192 e. The van der Waals surface area contributed by atoms with Crippen molar-refractivity contribution in [2.75, 3.05) is 7.11 Å². The molecule has 2 rings (SSSR count). The van der Waals surface area contributed by atoms with Crippen LogP contribution in [0.3, 0.4) is 0 Å². The van der Waals surface area contributed by atoms with Crippen molar-refractivity contribution < 1.29 is 14.6 Å². The van der Waals surface area contributed by atoms with Crippen LogP contribution >= 0.6 is 0 Å². The predicted octanol–water partition coefficient (Wildman–Crippen LogP) is 1.21. The molecule has 2 aliphatic carbocycles. The van der Waals surface area contributed by atoms with E-state index in [-0.39, 0.29) is 17.6 Å². The zero-order chi connectivity index (χ0) is 11.1. The van der Waals surface area contributed by atoms with Gasteiger partial charge in [-0.05, 0) is 0 Å². The van der Waals surface area contributed by atoms with Crippen LogP contribution in [0.4, 0.5) is 0 Å². The summed E-state index contributed by atoms with van der Waals surface area (Å²) >= 11 is 0. The molecule has 0 amide bonds. The van der Waals surface area contributed by atoms with Crippen LogP contribution in [-0.4, -0.2) is 23.6 Å². The number of ether oxygens (including phenoxy) is 1. The molecule has 0 spiro atoms. The Balaban J connectivity index is 2.34. The minimum Gasteiger partial charge on any atom is -0.501 e. The van der Waals surface area contributed by atoms with Gasteiger partial charge in [-0.3, -0.25) is 4.79 Å². The van der Waals surface area contributed by atoms with Gasteiger partial charge in [-0.15, -0.1) is 0 Å². The summed E-state index contributed by atoms with van der Waals surface area (Å²) in [5, 5.41) is 10.4. The van der Waals surface area contributed by atoms with Crippen molar-refractivity contribution in [2.45, 2.75) is 12.5 Å². The van der Waals surface area contributed by atoms with Crippen LogP contribution in [0.1, 0.15) is 6.92 Å². The summed E-state index contributed by atoms with van der Waals surface area (Å²) in [5.41, 5.74) is -1.37. The SMILES string of the molecule is COC1=CC(=O)[C@](O)(C2C=CC=C2)[C@@H]1C. The number of rotatable bonds is 2. The highest BCUT2D eigenvalue weighted by Crippen LogP contribution is 2.40. The Morgan fingerprint density at radius 2 is 2.00 bits per heavy atom. The molecule has 2 atom stereocenters. The second-order valence-corrected chi connectivity index (χ2v) is 3.96. The summed E-state index contributed by atoms with van der Waals surface area (Å²) in [7, 11) is 1.52.